The van der Waals surface area contributed by atoms with Crippen molar-refractivity contribution < 1.29 is 9.47 Å². The molecule has 0 aliphatic heterocycles. The lowest BCUT2D eigenvalue weighted by Crippen LogP contribution is -2.15. The molecule has 0 unspecified atom stereocenters. The molecule has 102 valence electrons. The number of nitrogens with zero attached hydrogens (tertiary/aromatic N) is 2. The zero-order valence-corrected chi connectivity index (χ0v) is 11.3. The average molecular weight is 253 g/mol. The highest BCUT2D eigenvalue weighted by Crippen LogP contribution is 2.19. The van der Waals surface area contributed by atoms with E-state index >= 15 is 0 Å². The minimum absolute atomic E-state index is 0.646. The molecule has 0 radical (unpaired) electrons. The summed E-state index contributed by atoms with van der Waals surface area (Å²) in [6.45, 7) is 5.77. The second kappa shape index (κ2) is 6.87. The molecule has 2 rings (SSSR count). The van der Waals surface area contributed by atoms with Gasteiger partial charge in [0.1, 0.15) is 0 Å². The Labute approximate surface area is 108 Å². The smallest absolute Gasteiger partial charge is 0.0701 e. The molecule has 0 spiro atoms. The van der Waals surface area contributed by atoms with E-state index in [0.717, 1.165) is 24.8 Å². The molecule has 5 heteroatoms. The Hall–Kier alpha value is -0.910. The first-order valence-electron chi connectivity index (χ1n) is 6.62. The van der Waals surface area contributed by atoms with Crippen molar-refractivity contribution in [2.75, 3.05) is 26.9 Å². The Morgan fingerprint density at radius 2 is 2.22 bits per heavy atom. The Bertz CT molecular complexity index is 361. The lowest BCUT2D eigenvalue weighted by Gasteiger charge is -2.03. The third kappa shape index (κ3) is 4.40. The fourth-order valence-electron chi connectivity index (χ4n) is 1.79. The van der Waals surface area contributed by atoms with Gasteiger partial charge >= 0.3 is 0 Å². The van der Waals surface area contributed by atoms with E-state index in [0.29, 0.717) is 19.8 Å². The molecular weight excluding hydrogens is 230 g/mol. The minimum Gasteiger partial charge on any atom is -0.382 e. The molecule has 0 amide bonds. The number of aromatic nitrogens is 2. The van der Waals surface area contributed by atoms with Crippen LogP contribution < -0.4 is 5.32 Å². The molecule has 1 aliphatic carbocycles. The van der Waals surface area contributed by atoms with Gasteiger partial charge in [0, 0.05) is 31.5 Å². The monoisotopic (exact) mass is 253 g/mol. The van der Waals surface area contributed by atoms with Gasteiger partial charge in [-0.15, -0.1) is 0 Å². The van der Waals surface area contributed by atoms with Gasteiger partial charge in [0.2, 0.25) is 0 Å². The average Bonchev–Trinajstić information content (AvgIpc) is 3.11. The number of ether oxygens (including phenoxy) is 2. The van der Waals surface area contributed by atoms with Crippen LogP contribution in [0.25, 0.3) is 0 Å². The zero-order chi connectivity index (χ0) is 12.8. The van der Waals surface area contributed by atoms with E-state index in [9.17, 15) is 0 Å². The molecule has 1 aromatic rings. The minimum atomic E-state index is 0.646. The third-order valence-corrected chi connectivity index (χ3v) is 3.10. The van der Waals surface area contributed by atoms with Crippen LogP contribution in [0.4, 0.5) is 0 Å². The van der Waals surface area contributed by atoms with Crippen molar-refractivity contribution >= 4 is 0 Å². The summed E-state index contributed by atoms with van der Waals surface area (Å²) in [5.74, 6) is 0. The van der Waals surface area contributed by atoms with Crippen LogP contribution in [0.3, 0.4) is 0 Å². The SMILES string of the molecule is COCCOCCn1cc(CNC2CC2)c(C)n1. The molecule has 1 saturated carbocycles. The molecule has 1 aromatic heterocycles. The maximum atomic E-state index is 5.43. The van der Waals surface area contributed by atoms with Crippen LogP contribution in [-0.4, -0.2) is 42.8 Å². The number of hydrogen-bond acceptors (Lipinski definition) is 4. The number of rotatable bonds is 9. The predicted octanol–water partition coefficient (Wildman–Crippen LogP) is 1.11. The normalized spacial score (nSPS) is 15.2. The molecule has 1 heterocycles. The van der Waals surface area contributed by atoms with Gasteiger partial charge in [0.05, 0.1) is 32.1 Å². The molecule has 0 saturated heterocycles. The maximum absolute atomic E-state index is 5.43. The largest absolute Gasteiger partial charge is 0.382 e. The highest BCUT2D eigenvalue weighted by atomic mass is 16.5. The van der Waals surface area contributed by atoms with Crippen LogP contribution >= 0.6 is 0 Å². The first kappa shape index (κ1) is 13.5. The van der Waals surface area contributed by atoms with Gasteiger partial charge in [-0.3, -0.25) is 4.68 Å². The van der Waals surface area contributed by atoms with Crippen LogP contribution in [0.2, 0.25) is 0 Å². The molecule has 18 heavy (non-hydrogen) atoms. The summed E-state index contributed by atoms with van der Waals surface area (Å²) in [5.41, 5.74) is 2.40. The van der Waals surface area contributed by atoms with Gasteiger partial charge in [-0.05, 0) is 19.8 Å². The zero-order valence-electron chi connectivity index (χ0n) is 11.3. The third-order valence-electron chi connectivity index (χ3n) is 3.10. The van der Waals surface area contributed by atoms with E-state index in [4.69, 9.17) is 9.47 Å². The van der Waals surface area contributed by atoms with Crippen molar-refractivity contribution in [1.82, 2.24) is 15.1 Å². The van der Waals surface area contributed by atoms with Gasteiger partial charge in [-0.1, -0.05) is 0 Å². The molecule has 1 aliphatic rings. The van der Waals surface area contributed by atoms with Gasteiger partial charge < -0.3 is 14.8 Å². The Morgan fingerprint density at radius 3 is 2.94 bits per heavy atom. The number of methoxy groups -OCH3 is 1. The lowest BCUT2D eigenvalue weighted by atomic mass is 10.2. The van der Waals surface area contributed by atoms with Gasteiger partial charge in [0.25, 0.3) is 0 Å². The Balaban J connectivity index is 1.69. The number of aryl methyl sites for hydroxylation is 1. The summed E-state index contributed by atoms with van der Waals surface area (Å²) >= 11 is 0. The summed E-state index contributed by atoms with van der Waals surface area (Å²) in [4.78, 5) is 0. The highest BCUT2D eigenvalue weighted by Gasteiger charge is 2.20. The maximum Gasteiger partial charge on any atom is 0.0701 e. The quantitative estimate of drug-likeness (QED) is 0.670. The highest BCUT2D eigenvalue weighted by molar-refractivity contribution is 5.15. The van der Waals surface area contributed by atoms with Crippen molar-refractivity contribution in [3.05, 3.63) is 17.5 Å². The van der Waals surface area contributed by atoms with E-state index in [1.54, 1.807) is 7.11 Å². The second-order valence-electron chi connectivity index (χ2n) is 4.76. The molecule has 0 atom stereocenters. The van der Waals surface area contributed by atoms with Gasteiger partial charge in [-0.2, -0.15) is 5.10 Å². The van der Waals surface area contributed by atoms with Crippen molar-refractivity contribution in [2.24, 2.45) is 0 Å². The predicted molar refractivity (Wildman–Crippen MR) is 69.5 cm³/mol. The number of nitrogens with one attached hydrogen (secondary N) is 1. The van der Waals surface area contributed by atoms with E-state index in [1.165, 1.54) is 18.4 Å². The molecular formula is C13H23N3O2. The molecule has 1 N–H and O–H groups in total. The molecule has 5 nitrogen and oxygen atoms in total. The summed E-state index contributed by atoms with van der Waals surface area (Å²) in [6.07, 6.45) is 4.76. The standard InChI is InChI=1S/C13H23N3O2/c1-11-12(9-14-13-3-4-13)10-16(15-11)5-6-18-8-7-17-2/h10,13-14H,3-9H2,1-2H3. The number of hydrogen-bond donors (Lipinski definition) is 1. The molecule has 1 fully saturated rings. The fourth-order valence-corrected chi connectivity index (χ4v) is 1.79. The summed E-state index contributed by atoms with van der Waals surface area (Å²) in [5, 5.41) is 8.00. The van der Waals surface area contributed by atoms with E-state index < -0.39 is 0 Å². The van der Waals surface area contributed by atoms with Crippen LogP contribution in [-0.2, 0) is 22.6 Å². The summed E-state index contributed by atoms with van der Waals surface area (Å²) in [6, 6.07) is 0.741. The first-order chi connectivity index (χ1) is 8.79. The Kier molecular flexibility index (Phi) is 5.16. The lowest BCUT2D eigenvalue weighted by molar-refractivity contribution is 0.0654. The fraction of sp³-hybridized carbons (Fsp3) is 0.769. The van der Waals surface area contributed by atoms with Gasteiger partial charge in [-0.25, -0.2) is 0 Å². The summed E-state index contributed by atoms with van der Waals surface area (Å²) in [7, 11) is 1.68. The van der Waals surface area contributed by atoms with Crippen LogP contribution in [0.15, 0.2) is 6.20 Å². The summed E-state index contributed by atoms with van der Waals surface area (Å²) < 4.78 is 12.3. The molecule has 0 aromatic carbocycles. The Morgan fingerprint density at radius 1 is 1.39 bits per heavy atom. The van der Waals surface area contributed by atoms with Crippen molar-refractivity contribution in [2.45, 2.75) is 38.9 Å². The van der Waals surface area contributed by atoms with E-state index in [-0.39, 0.29) is 0 Å². The molecule has 0 bridgehead atoms. The van der Waals surface area contributed by atoms with Crippen LogP contribution in [0.5, 0.6) is 0 Å². The van der Waals surface area contributed by atoms with E-state index in [2.05, 4.69) is 23.5 Å². The van der Waals surface area contributed by atoms with Gasteiger partial charge in [0.15, 0.2) is 0 Å². The van der Waals surface area contributed by atoms with Crippen molar-refractivity contribution in [1.29, 1.82) is 0 Å². The first-order valence-corrected chi connectivity index (χ1v) is 6.62. The van der Waals surface area contributed by atoms with E-state index in [1.807, 2.05) is 4.68 Å². The van der Waals surface area contributed by atoms with Crippen LogP contribution in [0, 0.1) is 6.92 Å². The topological polar surface area (TPSA) is 48.3 Å². The second-order valence-corrected chi connectivity index (χ2v) is 4.76. The van der Waals surface area contributed by atoms with Crippen LogP contribution in [0.1, 0.15) is 24.1 Å². The van der Waals surface area contributed by atoms with Crippen molar-refractivity contribution in [3.8, 4) is 0 Å². The van der Waals surface area contributed by atoms with Crippen molar-refractivity contribution in [3.63, 3.8) is 0 Å².